The summed E-state index contributed by atoms with van der Waals surface area (Å²) in [6.07, 6.45) is -1.42. The molecule has 0 aromatic heterocycles. The Morgan fingerprint density at radius 3 is 2.06 bits per heavy atom. The van der Waals surface area contributed by atoms with Crippen molar-refractivity contribution in [1.82, 2.24) is 0 Å². The molecule has 17 heavy (non-hydrogen) atoms. The summed E-state index contributed by atoms with van der Waals surface area (Å²) in [4.78, 5) is 21.0. The van der Waals surface area contributed by atoms with Crippen molar-refractivity contribution >= 4 is 11.9 Å². The molecule has 6 nitrogen and oxygen atoms in total. The summed E-state index contributed by atoms with van der Waals surface area (Å²) in [7, 11) is 0. The number of nitrogens with two attached hydrogens (primary N) is 1. The lowest BCUT2D eigenvalue weighted by Crippen LogP contribution is -2.32. The van der Waals surface area contributed by atoms with Gasteiger partial charge in [0, 0.05) is 0 Å². The summed E-state index contributed by atoms with van der Waals surface area (Å²) >= 11 is 0. The fourth-order valence-electron chi connectivity index (χ4n) is 1.32. The average molecular weight is 239 g/mol. The highest BCUT2D eigenvalue weighted by Gasteiger charge is 2.16. The SMILES string of the molecule is N[C@@H](Cc1ccc(C(O)C(=O)O)cc1)C(=O)O. The molecule has 1 unspecified atom stereocenters. The van der Waals surface area contributed by atoms with Gasteiger partial charge in [0.2, 0.25) is 0 Å². The normalized spacial score (nSPS) is 14.0. The van der Waals surface area contributed by atoms with Gasteiger partial charge in [-0.2, -0.15) is 0 Å². The second-order valence-corrected chi connectivity index (χ2v) is 3.63. The fourth-order valence-corrected chi connectivity index (χ4v) is 1.32. The first-order valence-corrected chi connectivity index (χ1v) is 4.90. The third-order valence-electron chi connectivity index (χ3n) is 2.30. The van der Waals surface area contributed by atoms with Crippen molar-refractivity contribution in [2.24, 2.45) is 5.73 Å². The molecule has 0 amide bonds. The first kappa shape index (κ1) is 13.1. The van der Waals surface area contributed by atoms with Crippen LogP contribution in [-0.2, 0) is 16.0 Å². The van der Waals surface area contributed by atoms with Gasteiger partial charge in [-0.25, -0.2) is 4.79 Å². The molecule has 0 radical (unpaired) electrons. The van der Waals surface area contributed by atoms with Crippen LogP contribution in [0, 0.1) is 0 Å². The van der Waals surface area contributed by atoms with Gasteiger partial charge in [0.1, 0.15) is 6.04 Å². The Morgan fingerprint density at radius 2 is 1.65 bits per heavy atom. The van der Waals surface area contributed by atoms with Crippen LogP contribution in [0.3, 0.4) is 0 Å². The molecule has 1 aromatic carbocycles. The number of rotatable bonds is 5. The molecular weight excluding hydrogens is 226 g/mol. The first-order chi connectivity index (χ1) is 7.91. The first-order valence-electron chi connectivity index (χ1n) is 4.90. The third-order valence-corrected chi connectivity index (χ3v) is 2.30. The van der Waals surface area contributed by atoms with Gasteiger partial charge in [-0.1, -0.05) is 24.3 Å². The predicted molar refractivity (Wildman–Crippen MR) is 58.4 cm³/mol. The quantitative estimate of drug-likeness (QED) is 0.562. The number of aliphatic hydroxyl groups is 1. The molecule has 0 spiro atoms. The van der Waals surface area contributed by atoms with E-state index in [9.17, 15) is 14.7 Å². The number of hydrogen-bond acceptors (Lipinski definition) is 4. The number of carboxylic acids is 2. The predicted octanol–water partition coefficient (Wildman–Crippen LogP) is -0.241. The Hall–Kier alpha value is -1.92. The highest BCUT2D eigenvalue weighted by molar-refractivity contribution is 5.74. The molecule has 1 rings (SSSR count). The number of hydrogen-bond donors (Lipinski definition) is 4. The van der Waals surface area contributed by atoms with Crippen LogP contribution in [0.1, 0.15) is 17.2 Å². The minimum Gasteiger partial charge on any atom is -0.480 e. The number of benzene rings is 1. The van der Waals surface area contributed by atoms with E-state index in [2.05, 4.69) is 0 Å². The highest BCUT2D eigenvalue weighted by Crippen LogP contribution is 2.14. The Balaban J connectivity index is 2.75. The molecule has 6 heteroatoms. The third kappa shape index (κ3) is 3.54. The van der Waals surface area contributed by atoms with Crippen LogP contribution in [0.2, 0.25) is 0 Å². The maximum Gasteiger partial charge on any atom is 0.337 e. The van der Waals surface area contributed by atoms with E-state index in [4.69, 9.17) is 15.9 Å². The lowest BCUT2D eigenvalue weighted by molar-refractivity contribution is -0.147. The second kappa shape index (κ2) is 5.42. The molecule has 0 saturated carbocycles. The van der Waals surface area contributed by atoms with Crippen LogP contribution >= 0.6 is 0 Å². The highest BCUT2D eigenvalue weighted by atomic mass is 16.4. The summed E-state index contributed by atoms with van der Waals surface area (Å²) in [5.74, 6) is -2.43. The van der Waals surface area contributed by atoms with Crippen molar-refractivity contribution in [1.29, 1.82) is 0 Å². The van der Waals surface area contributed by atoms with Crippen molar-refractivity contribution in [3.05, 3.63) is 35.4 Å². The zero-order chi connectivity index (χ0) is 13.0. The zero-order valence-corrected chi connectivity index (χ0v) is 8.91. The zero-order valence-electron chi connectivity index (χ0n) is 8.91. The van der Waals surface area contributed by atoms with E-state index in [1.54, 1.807) is 12.1 Å². The van der Waals surface area contributed by atoms with Crippen molar-refractivity contribution in [2.75, 3.05) is 0 Å². The summed E-state index contributed by atoms with van der Waals surface area (Å²) in [6, 6.07) is 4.96. The molecule has 0 saturated heterocycles. The van der Waals surface area contributed by atoms with Crippen molar-refractivity contribution in [3.63, 3.8) is 0 Å². The van der Waals surface area contributed by atoms with E-state index >= 15 is 0 Å². The second-order valence-electron chi connectivity index (χ2n) is 3.63. The van der Waals surface area contributed by atoms with Crippen LogP contribution in [0.15, 0.2) is 24.3 Å². The topological polar surface area (TPSA) is 121 Å². The molecule has 0 bridgehead atoms. The van der Waals surface area contributed by atoms with Crippen LogP contribution in [-0.4, -0.2) is 33.3 Å². The van der Waals surface area contributed by atoms with Gasteiger partial charge in [-0.05, 0) is 17.5 Å². The van der Waals surface area contributed by atoms with E-state index < -0.39 is 24.1 Å². The molecule has 0 aliphatic carbocycles. The van der Waals surface area contributed by atoms with Crippen LogP contribution < -0.4 is 5.73 Å². The average Bonchev–Trinajstić information content (AvgIpc) is 2.28. The molecule has 0 fully saturated rings. The Morgan fingerprint density at radius 1 is 1.12 bits per heavy atom. The van der Waals surface area contributed by atoms with E-state index in [1.807, 2.05) is 0 Å². The summed E-state index contributed by atoms with van der Waals surface area (Å²) < 4.78 is 0. The number of carboxylic acid groups (broad SMARTS) is 2. The maximum absolute atomic E-state index is 10.5. The Bertz CT molecular complexity index is 414. The van der Waals surface area contributed by atoms with Gasteiger partial charge in [0.25, 0.3) is 0 Å². The summed E-state index contributed by atoms with van der Waals surface area (Å²) in [5.41, 5.74) is 6.26. The fraction of sp³-hybridized carbons (Fsp3) is 0.273. The van der Waals surface area contributed by atoms with Crippen LogP contribution in [0.5, 0.6) is 0 Å². The Labute approximate surface area is 97.3 Å². The molecule has 0 heterocycles. The molecule has 0 aliphatic heterocycles. The van der Waals surface area contributed by atoms with Gasteiger partial charge in [0.15, 0.2) is 6.10 Å². The Kier molecular flexibility index (Phi) is 4.19. The molecule has 2 atom stereocenters. The van der Waals surface area contributed by atoms with Gasteiger partial charge in [-0.15, -0.1) is 0 Å². The van der Waals surface area contributed by atoms with Crippen molar-refractivity contribution in [2.45, 2.75) is 18.6 Å². The smallest absolute Gasteiger partial charge is 0.337 e. The monoisotopic (exact) mass is 239 g/mol. The standard InChI is InChI=1S/C11H13NO5/c12-8(10(14)15)5-6-1-3-7(4-2-6)9(13)11(16)17/h1-4,8-9,13H,5,12H2,(H,14,15)(H,16,17)/t8-,9?/m0/s1. The van der Waals surface area contributed by atoms with E-state index in [0.717, 1.165) is 0 Å². The van der Waals surface area contributed by atoms with Gasteiger partial charge in [-0.3, -0.25) is 4.79 Å². The molecule has 1 aromatic rings. The summed E-state index contributed by atoms with van der Waals surface area (Å²) in [5, 5.41) is 26.4. The number of aliphatic hydroxyl groups excluding tert-OH is 1. The summed E-state index contributed by atoms with van der Waals surface area (Å²) in [6.45, 7) is 0. The lowest BCUT2D eigenvalue weighted by atomic mass is 10.0. The minimum absolute atomic E-state index is 0.152. The lowest BCUT2D eigenvalue weighted by Gasteiger charge is -2.09. The van der Waals surface area contributed by atoms with E-state index in [0.29, 0.717) is 5.56 Å². The van der Waals surface area contributed by atoms with Gasteiger partial charge in [0.05, 0.1) is 0 Å². The molecular formula is C11H13NO5. The van der Waals surface area contributed by atoms with Crippen LogP contribution in [0.25, 0.3) is 0 Å². The van der Waals surface area contributed by atoms with E-state index in [-0.39, 0.29) is 12.0 Å². The molecule has 5 N–H and O–H groups in total. The number of carbonyl (C=O) groups is 2. The molecule has 0 aliphatic rings. The number of aliphatic carboxylic acids is 2. The minimum atomic E-state index is -1.57. The largest absolute Gasteiger partial charge is 0.480 e. The van der Waals surface area contributed by atoms with E-state index in [1.165, 1.54) is 12.1 Å². The van der Waals surface area contributed by atoms with Crippen LogP contribution in [0.4, 0.5) is 0 Å². The van der Waals surface area contributed by atoms with Crippen molar-refractivity contribution in [3.8, 4) is 0 Å². The van der Waals surface area contributed by atoms with Gasteiger partial charge >= 0.3 is 11.9 Å². The maximum atomic E-state index is 10.5. The van der Waals surface area contributed by atoms with Gasteiger partial charge < -0.3 is 21.1 Å². The molecule has 92 valence electrons. The van der Waals surface area contributed by atoms with Crippen molar-refractivity contribution < 1.29 is 24.9 Å².